The second-order valence-corrected chi connectivity index (χ2v) is 6.20. The van der Waals surface area contributed by atoms with Crippen molar-refractivity contribution in [3.8, 4) is 0 Å². The summed E-state index contributed by atoms with van der Waals surface area (Å²) in [4.78, 5) is 19.5. The van der Waals surface area contributed by atoms with Crippen LogP contribution in [-0.2, 0) is 6.61 Å². The maximum Gasteiger partial charge on any atom is 0.263 e. The van der Waals surface area contributed by atoms with Gasteiger partial charge < -0.3 is 10.1 Å². The van der Waals surface area contributed by atoms with Gasteiger partial charge in [-0.1, -0.05) is 41.6 Å². The number of hydrogen-bond donors (Lipinski definition) is 2. The fourth-order valence-corrected chi connectivity index (χ4v) is 2.93. The molecule has 0 unspecified atom stereocenters. The highest BCUT2D eigenvalue weighted by atomic mass is 32.2. The first kappa shape index (κ1) is 15.8. The fraction of sp³-hybridized carbons (Fsp3) is 0.312. The molecule has 7 heteroatoms. The summed E-state index contributed by atoms with van der Waals surface area (Å²) < 4.78 is 1.71. The van der Waals surface area contributed by atoms with E-state index in [1.807, 2.05) is 44.4 Å². The van der Waals surface area contributed by atoms with Gasteiger partial charge in [0.05, 0.1) is 12.6 Å². The number of aromatic amines is 1. The summed E-state index contributed by atoms with van der Waals surface area (Å²) in [5, 5.41) is 14.8. The summed E-state index contributed by atoms with van der Waals surface area (Å²) in [6, 6.07) is 8.06. The Kier molecular flexibility index (Phi) is 4.23. The number of H-pyrrole nitrogens is 1. The summed E-state index contributed by atoms with van der Waals surface area (Å²) in [7, 11) is 0. The molecule has 0 saturated carbocycles. The Balaban J connectivity index is 2.22. The Labute approximate surface area is 137 Å². The molecule has 0 fully saturated rings. The van der Waals surface area contributed by atoms with Crippen LogP contribution in [0.1, 0.15) is 29.8 Å². The van der Waals surface area contributed by atoms with Crippen LogP contribution in [0.5, 0.6) is 0 Å². The van der Waals surface area contributed by atoms with E-state index in [2.05, 4.69) is 15.1 Å². The van der Waals surface area contributed by atoms with E-state index in [-0.39, 0.29) is 18.2 Å². The molecule has 6 nitrogen and oxygen atoms in total. The number of nitrogens with zero attached hydrogens (tertiary/aromatic N) is 3. The van der Waals surface area contributed by atoms with Gasteiger partial charge in [0, 0.05) is 0 Å². The van der Waals surface area contributed by atoms with Crippen LogP contribution in [0.2, 0.25) is 0 Å². The second kappa shape index (κ2) is 6.17. The summed E-state index contributed by atoms with van der Waals surface area (Å²) in [6.45, 7) is 3.74. The van der Waals surface area contributed by atoms with Crippen molar-refractivity contribution < 1.29 is 5.11 Å². The maximum atomic E-state index is 12.3. The summed E-state index contributed by atoms with van der Waals surface area (Å²) in [6.07, 6.45) is 1.85. The zero-order valence-corrected chi connectivity index (χ0v) is 14.0. The quantitative estimate of drug-likeness (QED) is 0.566. The zero-order valence-electron chi connectivity index (χ0n) is 13.2. The number of fused-ring (bicyclic) bond motifs is 1. The van der Waals surface area contributed by atoms with Gasteiger partial charge in [-0.15, -0.1) is 0 Å². The topological polar surface area (TPSA) is 83.8 Å². The van der Waals surface area contributed by atoms with Crippen LogP contribution < -0.4 is 5.56 Å². The standard InChI is InChI=1S/C16H18N4O2S/c1-9-4-6-11(7-5-9)10(2)20-14-13(12(8-21)19-20)15(22)18-16(17-14)23-3/h4-7,10,21H,8H2,1-3H3,(H,17,18,22)/t10-/m0/s1. The first-order valence-corrected chi connectivity index (χ1v) is 8.50. The average molecular weight is 330 g/mol. The lowest BCUT2D eigenvalue weighted by molar-refractivity contribution is 0.276. The highest BCUT2D eigenvalue weighted by Crippen LogP contribution is 2.24. The molecule has 2 heterocycles. The maximum absolute atomic E-state index is 12.3. The van der Waals surface area contributed by atoms with Gasteiger partial charge in [-0.05, 0) is 25.7 Å². The Hall–Kier alpha value is -2.12. The number of hydrogen-bond acceptors (Lipinski definition) is 5. The van der Waals surface area contributed by atoms with Crippen molar-refractivity contribution in [2.24, 2.45) is 0 Å². The number of rotatable bonds is 4. The third kappa shape index (κ3) is 2.77. The number of benzene rings is 1. The van der Waals surface area contributed by atoms with Crippen molar-refractivity contribution in [2.45, 2.75) is 31.7 Å². The Morgan fingerprint density at radius 1 is 1.35 bits per heavy atom. The van der Waals surface area contributed by atoms with Gasteiger partial charge in [0.1, 0.15) is 11.1 Å². The molecule has 2 N–H and O–H groups in total. The normalized spacial score (nSPS) is 12.7. The molecule has 0 aliphatic heterocycles. The first-order valence-electron chi connectivity index (χ1n) is 7.28. The van der Waals surface area contributed by atoms with Gasteiger partial charge >= 0.3 is 0 Å². The third-order valence-electron chi connectivity index (χ3n) is 3.88. The molecule has 23 heavy (non-hydrogen) atoms. The predicted octanol–water partition coefficient (Wildman–Crippen LogP) is 2.25. The molecule has 120 valence electrons. The lowest BCUT2D eigenvalue weighted by Crippen LogP contribution is -2.13. The number of aromatic nitrogens is 4. The summed E-state index contributed by atoms with van der Waals surface area (Å²) in [5.41, 5.74) is 2.82. The van der Waals surface area contributed by atoms with E-state index in [0.29, 0.717) is 21.9 Å². The van der Waals surface area contributed by atoms with Crippen LogP contribution in [-0.4, -0.2) is 31.1 Å². The van der Waals surface area contributed by atoms with E-state index >= 15 is 0 Å². The smallest absolute Gasteiger partial charge is 0.263 e. The minimum atomic E-state index is -0.298. The summed E-state index contributed by atoms with van der Waals surface area (Å²) >= 11 is 1.36. The predicted molar refractivity (Wildman–Crippen MR) is 90.8 cm³/mol. The third-order valence-corrected chi connectivity index (χ3v) is 4.46. The van der Waals surface area contributed by atoms with Crippen LogP contribution in [0.3, 0.4) is 0 Å². The number of aliphatic hydroxyl groups excluding tert-OH is 1. The molecule has 0 saturated heterocycles. The van der Waals surface area contributed by atoms with Gasteiger partial charge in [0.2, 0.25) is 0 Å². The van der Waals surface area contributed by atoms with Gasteiger partial charge in [0.25, 0.3) is 5.56 Å². The molecular formula is C16H18N4O2S. The monoisotopic (exact) mass is 330 g/mol. The Morgan fingerprint density at radius 3 is 2.65 bits per heavy atom. The molecule has 2 aromatic heterocycles. The molecule has 0 aliphatic carbocycles. The van der Waals surface area contributed by atoms with E-state index < -0.39 is 0 Å². The van der Waals surface area contributed by atoms with Crippen LogP contribution >= 0.6 is 11.8 Å². The van der Waals surface area contributed by atoms with E-state index in [1.165, 1.54) is 17.3 Å². The van der Waals surface area contributed by atoms with E-state index in [0.717, 1.165) is 5.56 Å². The first-order chi connectivity index (χ1) is 11.0. The van der Waals surface area contributed by atoms with Gasteiger partial charge in [-0.25, -0.2) is 9.67 Å². The van der Waals surface area contributed by atoms with Crippen LogP contribution in [0.25, 0.3) is 11.0 Å². The molecule has 0 spiro atoms. The van der Waals surface area contributed by atoms with Gasteiger partial charge in [-0.3, -0.25) is 4.79 Å². The molecule has 3 rings (SSSR count). The molecule has 0 radical (unpaired) electrons. The molecule has 0 bridgehead atoms. The largest absolute Gasteiger partial charge is 0.390 e. The number of nitrogens with one attached hydrogen (secondary N) is 1. The zero-order chi connectivity index (χ0) is 16.6. The summed E-state index contributed by atoms with van der Waals surface area (Å²) in [5.74, 6) is 0. The lowest BCUT2D eigenvalue weighted by Gasteiger charge is -2.14. The van der Waals surface area contributed by atoms with Crippen molar-refractivity contribution in [1.29, 1.82) is 0 Å². The molecule has 0 aliphatic rings. The SMILES string of the molecule is CSc1nc2c(c(CO)nn2[C@@H](C)c2ccc(C)cc2)c(=O)[nH]1. The minimum Gasteiger partial charge on any atom is -0.390 e. The van der Waals surface area contributed by atoms with Crippen molar-refractivity contribution in [2.75, 3.05) is 6.26 Å². The highest BCUT2D eigenvalue weighted by molar-refractivity contribution is 7.98. The minimum absolute atomic E-state index is 0.0950. The van der Waals surface area contributed by atoms with Crippen LogP contribution in [0.15, 0.2) is 34.2 Å². The molecule has 1 aromatic carbocycles. The average Bonchev–Trinajstić information content (AvgIpc) is 2.94. The second-order valence-electron chi connectivity index (χ2n) is 5.41. The molecule has 3 aromatic rings. The highest BCUT2D eigenvalue weighted by Gasteiger charge is 2.20. The number of aliphatic hydroxyl groups is 1. The lowest BCUT2D eigenvalue weighted by atomic mass is 10.1. The Morgan fingerprint density at radius 2 is 2.04 bits per heavy atom. The van der Waals surface area contributed by atoms with Gasteiger partial charge in [-0.2, -0.15) is 5.10 Å². The van der Waals surface area contributed by atoms with E-state index in [1.54, 1.807) is 4.68 Å². The molecular weight excluding hydrogens is 312 g/mol. The molecule has 0 amide bonds. The van der Waals surface area contributed by atoms with E-state index in [4.69, 9.17) is 0 Å². The molecule has 1 atom stereocenters. The number of thioether (sulfide) groups is 1. The fourth-order valence-electron chi connectivity index (χ4n) is 2.56. The van der Waals surface area contributed by atoms with Crippen LogP contribution in [0.4, 0.5) is 0 Å². The van der Waals surface area contributed by atoms with E-state index in [9.17, 15) is 9.90 Å². The van der Waals surface area contributed by atoms with Crippen molar-refractivity contribution in [3.05, 3.63) is 51.4 Å². The van der Waals surface area contributed by atoms with Crippen LogP contribution in [0, 0.1) is 6.92 Å². The van der Waals surface area contributed by atoms with Gasteiger partial charge in [0.15, 0.2) is 10.8 Å². The van der Waals surface area contributed by atoms with Crippen molar-refractivity contribution >= 4 is 22.8 Å². The van der Waals surface area contributed by atoms with Crippen molar-refractivity contribution in [1.82, 2.24) is 19.7 Å². The van der Waals surface area contributed by atoms with Crippen molar-refractivity contribution in [3.63, 3.8) is 0 Å². The Bertz CT molecular complexity index is 899. The number of aryl methyl sites for hydroxylation is 1.